The summed E-state index contributed by atoms with van der Waals surface area (Å²) in [5.41, 5.74) is 3.07. The van der Waals surface area contributed by atoms with Gasteiger partial charge >= 0.3 is 0 Å². The van der Waals surface area contributed by atoms with Crippen LogP contribution in [0.5, 0.6) is 0 Å². The number of rotatable bonds is 2. The Morgan fingerprint density at radius 2 is 2.29 bits per heavy atom. The minimum absolute atomic E-state index is 0.271. The SMILES string of the molecule is CCn1cc(-n2ccc3c2CCCC3=O)cn1. The Kier molecular flexibility index (Phi) is 2.35. The lowest BCUT2D eigenvalue weighted by Gasteiger charge is -2.13. The van der Waals surface area contributed by atoms with Crippen LogP contribution in [0.3, 0.4) is 0 Å². The average molecular weight is 229 g/mol. The monoisotopic (exact) mass is 229 g/mol. The predicted molar refractivity (Wildman–Crippen MR) is 64.5 cm³/mol. The number of aromatic nitrogens is 3. The van der Waals surface area contributed by atoms with Gasteiger partial charge < -0.3 is 4.57 Å². The van der Waals surface area contributed by atoms with Crippen molar-refractivity contribution in [2.45, 2.75) is 32.7 Å². The molecule has 0 spiro atoms. The Balaban J connectivity index is 2.06. The second kappa shape index (κ2) is 3.87. The number of hydrogen-bond donors (Lipinski definition) is 0. The Morgan fingerprint density at radius 1 is 1.41 bits per heavy atom. The zero-order valence-corrected chi connectivity index (χ0v) is 9.89. The predicted octanol–water partition coefficient (Wildman–Crippen LogP) is 2.21. The van der Waals surface area contributed by atoms with Gasteiger partial charge in [0.15, 0.2) is 5.78 Å². The van der Waals surface area contributed by atoms with Crippen LogP contribution in [-0.4, -0.2) is 20.1 Å². The zero-order chi connectivity index (χ0) is 11.8. The van der Waals surface area contributed by atoms with E-state index in [9.17, 15) is 4.79 Å². The fourth-order valence-electron chi connectivity index (χ4n) is 2.42. The maximum absolute atomic E-state index is 11.8. The molecule has 17 heavy (non-hydrogen) atoms. The summed E-state index contributed by atoms with van der Waals surface area (Å²) in [5, 5.41) is 4.27. The molecule has 0 saturated carbocycles. The number of fused-ring (bicyclic) bond motifs is 1. The van der Waals surface area contributed by atoms with Crippen LogP contribution in [0.1, 0.15) is 35.8 Å². The number of ketones is 1. The summed E-state index contributed by atoms with van der Waals surface area (Å²) < 4.78 is 3.98. The third kappa shape index (κ3) is 1.60. The molecule has 1 aliphatic rings. The van der Waals surface area contributed by atoms with Gasteiger partial charge in [-0.3, -0.25) is 9.48 Å². The largest absolute Gasteiger partial charge is 0.317 e. The van der Waals surface area contributed by atoms with Gasteiger partial charge in [0.05, 0.1) is 11.9 Å². The van der Waals surface area contributed by atoms with E-state index in [0.717, 1.165) is 36.3 Å². The number of aryl methyl sites for hydroxylation is 1. The van der Waals surface area contributed by atoms with Gasteiger partial charge in [0.1, 0.15) is 0 Å². The third-order valence-corrected chi connectivity index (χ3v) is 3.33. The fourth-order valence-corrected chi connectivity index (χ4v) is 2.42. The zero-order valence-electron chi connectivity index (χ0n) is 9.89. The van der Waals surface area contributed by atoms with Gasteiger partial charge in [-0.05, 0) is 25.8 Å². The van der Waals surface area contributed by atoms with Crippen molar-refractivity contribution in [1.29, 1.82) is 0 Å². The van der Waals surface area contributed by atoms with Crippen molar-refractivity contribution < 1.29 is 4.79 Å². The lowest BCUT2D eigenvalue weighted by molar-refractivity contribution is 0.0972. The first kappa shape index (κ1) is 10.3. The summed E-state index contributed by atoms with van der Waals surface area (Å²) in [7, 11) is 0. The standard InChI is InChI=1S/C13H15N3O/c1-2-15-9-10(8-14-15)16-7-6-11-12(16)4-3-5-13(11)17/h6-9H,2-5H2,1H3. The number of hydrogen-bond acceptors (Lipinski definition) is 2. The molecule has 3 rings (SSSR count). The topological polar surface area (TPSA) is 39.8 Å². The molecule has 0 aliphatic heterocycles. The number of carbonyl (C=O) groups excluding carboxylic acids is 1. The second-order valence-electron chi connectivity index (χ2n) is 4.38. The first-order valence-electron chi connectivity index (χ1n) is 6.06. The van der Waals surface area contributed by atoms with Crippen LogP contribution in [0.2, 0.25) is 0 Å². The van der Waals surface area contributed by atoms with E-state index in [2.05, 4.69) is 16.6 Å². The van der Waals surface area contributed by atoms with Crippen LogP contribution < -0.4 is 0 Å². The van der Waals surface area contributed by atoms with Crippen molar-refractivity contribution in [3.63, 3.8) is 0 Å². The van der Waals surface area contributed by atoms with Gasteiger partial charge in [-0.1, -0.05) is 0 Å². The molecule has 88 valence electrons. The Morgan fingerprint density at radius 3 is 3.06 bits per heavy atom. The molecule has 4 nitrogen and oxygen atoms in total. The van der Waals surface area contributed by atoms with E-state index in [-0.39, 0.29) is 5.78 Å². The van der Waals surface area contributed by atoms with Gasteiger partial charge in [-0.25, -0.2) is 0 Å². The smallest absolute Gasteiger partial charge is 0.164 e. The highest BCUT2D eigenvalue weighted by molar-refractivity contribution is 5.98. The molecule has 0 aromatic carbocycles. The quantitative estimate of drug-likeness (QED) is 0.792. The van der Waals surface area contributed by atoms with E-state index in [1.165, 1.54) is 0 Å². The Bertz CT molecular complexity index is 565. The van der Waals surface area contributed by atoms with Crippen LogP contribution >= 0.6 is 0 Å². The minimum atomic E-state index is 0.271. The molecule has 0 amide bonds. The molecule has 2 heterocycles. The fraction of sp³-hybridized carbons (Fsp3) is 0.385. The van der Waals surface area contributed by atoms with E-state index in [4.69, 9.17) is 0 Å². The van der Waals surface area contributed by atoms with Crippen molar-refractivity contribution >= 4 is 5.78 Å². The van der Waals surface area contributed by atoms with Crippen molar-refractivity contribution in [2.24, 2.45) is 0 Å². The molecule has 4 heteroatoms. The maximum Gasteiger partial charge on any atom is 0.164 e. The highest BCUT2D eigenvalue weighted by atomic mass is 16.1. The molecular formula is C13H15N3O. The minimum Gasteiger partial charge on any atom is -0.317 e. The summed E-state index contributed by atoms with van der Waals surface area (Å²) >= 11 is 0. The van der Waals surface area contributed by atoms with Crippen LogP contribution in [0, 0.1) is 0 Å². The molecule has 0 N–H and O–H groups in total. The van der Waals surface area contributed by atoms with Crippen molar-refractivity contribution in [3.8, 4) is 5.69 Å². The summed E-state index contributed by atoms with van der Waals surface area (Å²) in [4.78, 5) is 11.8. The highest BCUT2D eigenvalue weighted by Crippen LogP contribution is 2.24. The normalized spacial score (nSPS) is 15.0. The van der Waals surface area contributed by atoms with E-state index in [1.807, 2.05) is 29.3 Å². The van der Waals surface area contributed by atoms with E-state index in [0.29, 0.717) is 6.42 Å². The first-order valence-corrected chi connectivity index (χ1v) is 6.06. The third-order valence-electron chi connectivity index (χ3n) is 3.33. The molecule has 0 radical (unpaired) electrons. The summed E-state index contributed by atoms with van der Waals surface area (Å²) in [6, 6.07) is 1.93. The molecule has 0 unspecified atom stereocenters. The van der Waals surface area contributed by atoms with Gasteiger partial charge in [0.25, 0.3) is 0 Å². The molecular weight excluding hydrogens is 214 g/mol. The first-order chi connectivity index (χ1) is 8.29. The van der Waals surface area contributed by atoms with Crippen molar-refractivity contribution in [3.05, 3.63) is 35.9 Å². The summed E-state index contributed by atoms with van der Waals surface area (Å²) in [6.07, 6.45) is 8.46. The summed E-state index contributed by atoms with van der Waals surface area (Å²) in [6.45, 7) is 2.92. The molecule has 2 aromatic heterocycles. The van der Waals surface area contributed by atoms with Crippen LogP contribution in [-0.2, 0) is 13.0 Å². The lowest BCUT2D eigenvalue weighted by atomic mass is 9.97. The van der Waals surface area contributed by atoms with Crippen LogP contribution in [0.25, 0.3) is 5.69 Å². The average Bonchev–Trinajstić information content (AvgIpc) is 2.94. The van der Waals surface area contributed by atoms with Crippen LogP contribution in [0.15, 0.2) is 24.7 Å². The number of nitrogens with zero attached hydrogens (tertiary/aromatic N) is 3. The highest BCUT2D eigenvalue weighted by Gasteiger charge is 2.21. The molecule has 0 bridgehead atoms. The summed E-state index contributed by atoms with van der Waals surface area (Å²) in [5.74, 6) is 0.271. The Labute approximate surface area is 99.9 Å². The molecule has 1 aliphatic carbocycles. The number of Topliss-reactive ketones (excluding diaryl/α,β-unsaturated/α-hetero) is 1. The molecule has 2 aromatic rings. The lowest BCUT2D eigenvalue weighted by Crippen LogP contribution is -2.12. The van der Waals surface area contributed by atoms with Gasteiger partial charge in [-0.2, -0.15) is 5.10 Å². The number of carbonyl (C=O) groups is 1. The molecule has 0 fully saturated rings. The van der Waals surface area contributed by atoms with Crippen molar-refractivity contribution in [2.75, 3.05) is 0 Å². The van der Waals surface area contributed by atoms with Gasteiger partial charge in [0, 0.05) is 36.6 Å². The van der Waals surface area contributed by atoms with E-state index >= 15 is 0 Å². The van der Waals surface area contributed by atoms with Crippen LogP contribution in [0.4, 0.5) is 0 Å². The Hall–Kier alpha value is -1.84. The maximum atomic E-state index is 11.8. The van der Waals surface area contributed by atoms with E-state index in [1.54, 1.807) is 0 Å². The molecule has 0 atom stereocenters. The van der Waals surface area contributed by atoms with Crippen molar-refractivity contribution in [1.82, 2.24) is 14.3 Å². The second-order valence-corrected chi connectivity index (χ2v) is 4.38. The van der Waals surface area contributed by atoms with Gasteiger partial charge in [-0.15, -0.1) is 0 Å². The van der Waals surface area contributed by atoms with E-state index < -0.39 is 0 Å². The molecule has 0 saturated heterocycles. The van der Waals surface area contributed by atoms with Gasteiger partial charge in [0.2, 0.25) is 0 Å².